The minimum Gasteiger partial charge on any atom is -0.295 e. The van der Waals surface area contributed by atoms with Gasteiger partial charge in [-0.05, 0) is 28.1 Å². The molecule has 62 valence electrons. The van der Waals surface area contributed by atoms with Crippen molar-refractivity contribution in [1.82, 2.24) is 9.78 Å². The Kier molecular flexibility index (Phi) is 1.58. The van der Waals surface area contributed by atoms with Crippen LogP contribution in [0.3, 0.4) is 0 Å². The molecule has 0 fully saturated rings. The molecular weight excluding hydrogens is 220 g/mol. The number of nitrogens with zero attached hydrogens (tertiary/aromatic N) is 1. The molecule has 0 spiro atoms. The fourth-order valence-corrected chi connectivity index (χ4v) is 1.77. The standard InChI is InChI=1S/C8H7BrN2O/c1-11-8(12)7-5(9)3-2-4-6(7)10-11/h2-4,10H,1H3. The van der Waals surface area contributed by atoms with Crippen LogP contribution in [0.5, 0.6) is 0 Å². The molecular formula is C8H7BrN2O. The second kappa shape index (κ2) is 2.48. The van der Waals surface area contributed by atoms with Crippen LogP contribution < -0.4 is 5.56 Å². The zero-order valence-electron chi connectivity index (χ0n) is 6.47. The first-order valence-corrected chi connectivity index (χ1v) is 4.32. The summed E-state index contributed by atoms with van der Waals surface area (Å²) in [6.07, 6.45) is 0. The van der Waals surface area contributed by atoms with Gasteiger partial charge < -0.3 is 0 Å². The molecule has 3 nitrogen and oxygen atoms in total. The van der Waals surface area contributed by atoms with Crippen LogP contribution in [-0.4, -0.2) is 9.78 Å². The van der Waals surface area contributed by atoms with Crippen LogP contribution in [0, 0.1) is 0 Å². The number of fused-ring (bicyclic) bond motifs is 1. The maximum absolute atomic E-state index is 11.5. The lowest BCUT2D eigenvalue weighted by molar-refractivity contribution is 0.751. The minimum absolute atomic E-state index is 0.00234. The molecule has 0 saturated carbocycles. The van der Waals surface area contributed by atoms with Gasteiger partial charge in [-0.25, -0.2) is 0 Å². The third-order valence-corrected chi connectivity index (χ3v) is 2.48. The first kappa shape index (κ1) is 7.61. The maximum atomic E-state index is 11.5. The van der Waals surface area contributed by atoms with Crippen molar-refractivity contribution < 1.29 is 0 Å². The van der Waals surface area contributed by atoms with Crippen LogP contribution in [0.2, 0.25) is 0 Å². The number of hydrogen-bond acceptors (Lipinski definition) is 1. The highest BCUT2D eigenvalue weighted by Gasteiger charge is 2.05. The summed E-state index contributed by atoms with van der Waals surface area (Å²) in [5.74, 6) is 0. The Bertz CT molecular complexity index is 483. The highest BCUT2D eigenvalue weighted by atomic mass is 79.9. The lowest BCUT2D eigenvalue weighted by Gasteiger charge is -1.88. The molecule has 0 unspecified atom stereocenters. The van der Waals surface area contributed by atoms with E-state index in [1.54, 1.807) is 7.05 Å². The predicted octanol–water partition coefficient (Wildman–Crippen LogP) is 1.63. The summed E-state index contributed by atoms with van der Waals surface area (Å²) in [5.41, 5.74) is 0.856. The van der Waals surface area contributed by atoms with Crippen LogP contribution in [0.4, 0.5) is 0 Å². The summed E-state index contributed by atoms with van der Waals surface area (Å²) in [4.78, 5) is 11.5. The summed E-state index contributed by atoms with van der Waals surface area (Å²) in [6.45, 7) is 0. The van der Waals surface area contributed by atoms with Crippen molar-refractivity contribution in [2.24, 2.45) is 7.05 Å². The van der Waals surface area contributed by atoms with Gasteiger partial charge in [-0.15, -0.1) is 0 Å². The van der Waals surface area contributed by atoms with Gasteiger partial charge in [0.05, 0.1) is 10.9 Å². The number of rotatable bonds is 0. The van der Waals surface area contributed by atoms with Crippen molar-refractivity contribution in [2.75, 3.05) is 0 Å². The Labute approximate surface area is 77.1 Å². The van der Waals surface area contributed by atoms with Gasteiger partial charge in [0.15, 0.2) is 0 Å². The molecule has 1 aromatic heterocycles. The molecule has 12 heavy (non-hydrogen) atoms. The highest BCUT2D eigenvalue weighted by Crippen LogP contribution is 2.18. The molecule has 0 aliphatic carbocycles. The molecule has 0 bridgehead atoms. The van der Waals surface area contributed by atoms with Crippen molar-refractivity contribution in [1.29, 1.82) is 0 Å². The van der Waals surface area contributed by atoms with Gasteiger partial charge in [-0.3, -0.25) is 14.6 Å². The Morgan fingerprint density at radius 1 is 1.50 bits per heavy atom. The number of aromatic amines is 1. The summed E-state index contributed by atoms with van der Waals surface area (Å²) in [5, 5.41) is 3.65. The van der Waals surface area contributed by atoms with E-state index in [9.17, 15) is 4.79 Å². The minimum atomic E-state index is -0.00234. The Morgan fingerprint density at radius 2 is 2.25 bits per heavy atom. The second-order valence-corrected chi connectivity index (χ2v) is 3.49. The van der Waals surface area contributed by atoms with E-state index in [2.05, 4.69) is 21.0 Å². The van der Waals surface area contributed by atoms with E-state index in [0.717, 1.165) is 9.99 Å². The van der Waals surface area contributed by atoms with E-state index < -0.39 is 0 Å². The van der Waals surface area contributed by atoms with Gasteiger partial charge in [-0.2, -0.15) is 0 Å². The summed E-state index contributed by atoms with van der Waals surface area (Å²) < 4.78 is 2.30. The first-order chi connectivity index (χ1) is 5.70. The van der Waals surface area contributed by atoms with E-state index in [1.165, 1.54) is 4.68 Å². The molecule has 2 aromatic rings. The largest absolute Gasteiger partial charge is 0.295 e. The van der Waals surface area contributed by atoms with Crippen LogP contribution in [-0.2, 0) is 7.05 Å². The fourth-order valence-electron chi connectivity index (χ4n) is 1.23. The van der Waals surface area contributed by atoms with Gasteiger partial charge in [0.25, 0.3) is 5.56 Å². The normalized spacial score (nSPS) is 10.8. The summed E-state index contributed by atoms with van der Waals surface area (Å²) >= 11 is 3.33. The Morgan fingerprint density at radius 3 is 2.92 bits per heavy atom. The maximum Gasteiger partial charge on any atom is 0.275 e. The number of benzene rings is 1. The van der Waals surface area contributed by atoms with Crippen molar-refractivity contribution in [3.8, 4) is 0 Å². The summed E-state index contributed by atoms with van der Waals surface area (Å²) in [6, 6.07) is 5.63. The SMILES string of the molecule is Cn1[nH]c2cccc(Br)c2c1=O. The number of aromatic nitrogens is 2. The molecule has 1 heterocycles. The highest BCUT2D eigenvalue weighted by molar-refractivity contribution is 9.10. The van der Waals surface area contributed by atoms with Crippen LogP contribution >= 0.6 is 15.9 Å². The zero-order chi connectivity index (χ0) is 8.72. The van der Waals surface area contributed by atoms with Crippen molar-refractivity contribution in [3.05, 3.63) is 33.0 Å². The molecule has 4 heteroatoms. The van der Waals surface area contributed by atoms with Gasteiger partial charge in [0.1, 0.15) is 0 Å². The zero-order valence-corrected chi connectivity index (χ0v) is 8.05. The molecule has 0 aliphatic heterocycles. The molecule has 0 radical (unpaired) electrons. The monoisotopic (exact) mass is 226 g/mol. The van der Waals surface area contributed by atoms with E-state index in [1.807, 2.05) is 18.2 Å². The lowest BCUT2D eigenvalue weighted by atomic mass is 10.3. The molecule has 1 aromatic carbocycles. The molecule has 0 atom stereocenters. The number of hydrogen-bond donors (Lipinski definition) is 1. The smallest absolute Gasteiger partial charge is 0.275 e. The van der Waals surface area contributed by atoms with E-state index >= 15 is 0 Å². The third kappa shape index (κ3) is 0.914. The number of H-pyrrole nitrogens is 1. The quantitative estimate of drug-likeness (QED) is 0.729. The van der Waals surface area contributed by atoms with Crippen molar-refractivity contribution in [3.63, 3.8) is 0 Å². The number of nitrogens with one attached hydrogen (secondary N) is 1. The second-order valence-electron chi connectivity index (χ2n) is 2.64. The average molecular weight is 227 g/mol. The number of aryl methyl sites for hydroxylation is 1. The Hall–Kier alpha value is -1.03. The van der Waals surface area contributed by atoms with Gasteiger partial charge in [-0.1, -0.05) is 6.07 Å². The van der Waals surface area contributed by atoms with E-state index in [4.69, 9.17) is 0 Å². The molecule has 2 rings (SSSR count). The van der Waals surface area contributed by atoms with E-state index in [0.29, 0.717) is 5.39 Å². The summed E-state index contributed by atoms with van der Waals surface area (Å²) in [7, 11) is 1.70. The van der Waals surface area contributed by atoms with E-state index in [-0.39, 0.29) is 5.56 Å². The molecule has 0 amide bonds. The van der Waals surface area contributed by atoms with Crippen LogP contribution in [0.25, 0.3) is 10.9 Å². The lowest BCUT2D eigenvalue weighted by Crippen LogP contribution is -2.11. The van der Waals surface area contributed by atoms with Crippen molar-refractivity contribution >= 4 is 26.8 Å². The van der Waals surface area contributed by atoms with Crippen molar-refractivity contribution in [2.45, 2.75) is 0 Å². The van der Waals surface area contributed by atoms with Crippen LogP contribution in [0.1, 0.15) is 0 Å². The van der Waals surface area contributed by atoms with Gasteiger partial charge in [0, 0.05) is 11.5 Å². The van der Waals surface area contributed by atoms with Gasteiger partial charge >= 0.3 is 0 Å². The topological polar surface area (TPSA) is 37.8 Å². The molecule has 0 saturated heterocycles. The fraction of sp³-hybridized carbons (Fsp3) is 0.125. The predicted molar refractivity (Wildman–Crippen MR) is 51.2 cm³/mol. The molecule has 1 N–H and O–H groups in total. The Balaban J connectivity index is 3.07. The van der Waals surface area contributed by atoms with Crippen LogP contribution in [0.15, 0.2) is 27.5 Å². The third-order valence-electron chi connectivity index (χ3n) is 1.82. The molecule has 0 aliphatic rings. The average Bonchev–Trinajstić information content (AvgIpc) is 2.29. The first-order valence-electron chi connectivity index (χ1n) is 3.53. The van der Waals surface area contributed by atoms with Gasteiger partial charge in [0.2, 0.25) is 0 Å². The number of halogens is 1.